The van der Waals surface area contributed by atoms with Crippen molar-refractivity contribution < 1.29 is 14.9 Å². The van der Waals surface area contributed by atoms with Crippen LogP contribution in [0.5, 0.6) is 17.2 Å². The van der Waals surface area contributed by atoms with Crippen molar-refractivity contribution in [3.8, 4) is 39.5 Å². The lowest BCUT2D eigenvalue weighted by Gasteiger charge is -2.08. The lowest BCUT2D eigenvalue weighted by molar-refractivity contribution is 0.304. The number of thiophene rings is 1. The predicted octanol–water partition coefficient (Wildman–Crippen LogP) is 14.0. The van der Waals surface area contributed by atoms with E-state index in [1.165, 1.54) is 83.5 Å². The van der Waals surface area contributed by atoms with Crippen LogP contribution in [0.2, 0.25) is 0 Å². The zero-order valence-corrected chi connectivity index (χ0v) is 32.8. The van der Waals surface area contributed by atoms with Crippen molar-refractivity contribution in [3.05, 3.63) is 102 Å². The molecule has 2 aliphatic rings. The normalized spacial score (nSPS) is 12.1. The minimum atomic E-state index is -0.222. The number of aromatic nitrogens is 3. The van der Waals surface area contributed by atoms with Crippen molar-refractivity contribution >= 4 is 56.1 Å². The quantitative estimate of drug-likeness (QED) is 0.0760. The SMILES string of the molecule is CCCCCCCCCCCCCCCCOc1ccc(-c2c3nc(cc4[nH]c(cc5nc(c(-c6ccccc6)c6ccc2s6)C=C5)c(O)c4O)C=C3)cc1. The summed E-state index contributed by atoms with van der Waals surface area (Å²) >= 11 is 1.72. The Morgan fingerprint density at radius 1 is 0.545 bits per heavy atom. The third-order valence-electron chi connectivity index (χ3n) is 10.5. The maximum absolute atomic E-state index is 10.8. The zero-order valence-electron chi connectivity index (χ0n) is 32.0. The first-order valence-electron chi connectivity index (χ1n) is 20.3. The number of nitrogens with one attached hydrogen (secondary N) is 1. The minimum Gasteiger partial charge on any atom is -0.503 e. The molecule has 0 saturated heterocycles. The van der Waals surface area contributed by atoms with Gasteiger partial charge in [0.2, 0.25) is 0 Å². The van der Waals surface area contributed by atoms with Crippen LogP contribution in [0, 0.1) is 0 Å². The highest BCUT2D eigenvalue weighted by atomic mass is 32.1. The molecule has 3 aromatic heterocycles. The molecule has 55 heavy (non-hydrogen) atoms. The van der Waals surface area contributed by atoms with Crippen LogP contribution in [0.15, 0.2) is 78.9 Å². The number of hydrogen-bond acceptors (Lipinski definition) is 6. The molecule has 0 radical (unpaired) electrons. The van der Waals surface area contributed by atoms with Crippen LogP contribution in [0.4, 0.5) is 0 Å². The van der Waals surface area contributed by atoms with Gasteiger partial charge in [-0.2, -0.15) is 0 Å². The predicted molar refractivity (Wildman–Crippen MR) is 232 cm³/mol. The Morgan fingerprint density at radius 3 is 1.53 bits per heavy atom. The number of nitrogens with zero attached hydrogens (tertiary/aromatic N) is 2. The van der Waals surface area contributed by atoms with Gasteiger partial charge in [0, 0.05) is 20.5 Å². The molecule has 0 atom stereocenters. The molecule has 6 nitrogen and oxygen atoms in total. The Hall–Kier alpha value is -5.14. The van der Waals surface area contributed by atoms with Gasteiger partial charge in [-0.1, -0.05) is 133 Å². The molecule has 0 aliphatic carbocycles. The number of aromatic amines is 1. The summed E-state index contributed by atoms with van der Waals surface area (Å²) in [6.07, 6.45) is 26.7. The minimum absolute atomic E-state index is 0.222. The molecule has 5 aromatic rings. The third-order valence-corrected chi connectivity index (χ3v) is 11.6. The highest BCUT2D eigenvalue weighted by molar-refractivity contribution is 7.24. The lowest BCUT2D eigenvalue weighted by Crippen LogP contribution is -1.97. The van der Waals surface area contributed by atoms with E-state index < -0.39 is 0 Å². The Labute approximate surface area is 329 Å². The molecule has 0 spiro atoms. The van der Waals surface area contributed by atoms with Crippen molar-refractivity contribution in [2.24, 2.45) is 0 Å². The topological polar surface area (TPSA) is 91.3 Å². The summed E-state index contributed by atoms with van der Waals surface area (Å²) in [5.74, 6) is 0.427. The van der Waals surface area contributed by atoms with E-state index in [4.69, 9.17) is 14.7 Å². The van der Waals surface area contributed by atoms with Gasteiger partial charge in [0.25, 0.3) is 0 Å². The van der Waals surface area contributed by atoms with Gasteiger partial charge in [-0.05, 0) is 78.3 Å². The van der Waals surface area contributed by atoms with Gasteiger partial charge in [-0.25, -0.2) is 9.97 Å². The molecule has 8 bridgehead atoms. The smallest absolute Gasteiger partial charge is 0.183 e. The average molecular weight is 752 g/mol. The number of H-pyrrole nitrogens is 1. The molecule has 0 unspecified atom stereocenters. The largest absolute Gasteiger partial charge is 0.503 e. The number of unbranched alkanes of at least 4 members (excludes halogenated alkanes) is 13. The summed E-state index contributed by atoms with van der Waals surface area (Å²) in [4.78, 5) is 13.1. The van der Waals surface area contributed by atoms with E-state index in [0.29, 0.717) is 22.4 Å². The third kappa shape index (κ3) is 9.76. The van der Waals surface area contributed by atoms with Crippen LogP contribution in [-0.4, -0.2) is 31.8 Å². The summed E-state index contributed by atoms with van der Waals surface area (Å²) in [5.41, 5.74) is 7.88. The van der Waals surface area contributed by atoms with Gasteiger partial charge in [0.05, 0.1) is 40.4 Å². The molecule has 2 aromatic carbocycles. The molecule has 0 amide bonds. The van der Waals surface area contributed by atoms with Gasteiger partial charge in [-0.3, -0.25) is 0 Å². The summed E-state index contributed by atoms with van der Waals surface area (Å²) in [6.45, 7) is 3.01. The monoisotopic (exact) mass is 751 g/mol. The van der Waals surface area contributed by atoms with Gasteiger partial charge >= 0.3 is 0 Å². The second kappa shape index (κ2) is 18.9. The number of ether oxygens (including phenoxy) is 1. The molecule has 7 heteroatoms. The number of benzene rings is 2. The average Bonchev–Trinajstić information content (AvgIpc) is 4.02. The van der Waals surface area contributed by atoms with Crippen molar-refractivity contribution in [3.63, 3.8) is 0 Å². The lowest BCUT2D eigenvalue weighted by atomic mass is 10.0. The Kier molecular flexibility index (Phi) is 13.1. The van der Waals surface area contributed by atoms with Crippen LogP contribution in [0.25, 0.3) is 67.0 Å². The Bertz CT molecular complexity index is 2270. The van der Waals surface area contributed by atoms with E-state index in [2.05, 4.69) is 60.4 Å². The molecular formula is C48H53N3O3S. The van der Waals surface area contributed by atoms with Crippen LogP contribution in [0.3, 0.4) is 0 Å². The Balaban J connectivity index is 1.09. The highest BCUT2D eigenvalue weighted by Gasteiger charge is 2.16. The fourth-order valence-corrected chi connectivity index (χ4v) is 8.63. The van der Waals surface area contributed by atoms with Gasteiger partial charge in [0.1, 0.15) is 5.75 Å². The number of hydrogen-bond donors (Lipinski definition) is 3. The number of fused-ring (bicyclic) bond motifs is 8. The molecule has 0 saturated carbocycles. The molecule has 284 valence electrons. The maximum Gasteiger partial charge on any atom is 0.183 e. The first-order valence-corrected chi connectivity index (χ1v) is 21.1. The van der Waals surface area contributed by atoms with E-state index in [0.717, 1.165) is 61.8 Å². The first kappa shape index (κ1) is 38.1. The van der Waals surface area contributed by atoms with Crippen LogP contribution < -0.4 is 4.74 Å². The molecule has 3 N–H and O–H groups in total. The fraction of sp³-hybridized carbons (Fsp3) is 0.333. The van der Waals surface area contributed by atoms with Gasteiger partial charge in [0.15, 0.2) is 11.5 Å². The maximum atomic E-state index is 10.8. The van der Waals surface area contributed by atoms with Crippen molar-refractivity contribution in [2.45, 2.75) is 96.8 Å². The van der Waals surface area contributed by atoms with Crippen LogP contribution in [0.1, 0.15) is 120 Å². The summed E-state index contributed by atoms with van der Waals surface area (Å²) in [5, 5.41) is 21.6. The molecular weight excluding hydrogens is 699 g/mol. The second-order valence-corrected chi connectivity index (χ2v) is 15.8. The van der Waals surface area contributed by atoms with Crippen LogP contribution in [-0.2, 0) is 0 Å². The number of rotatable bonds is 18. The van der Waals surface area contributed by atoms with Crippen molar-refractivity contribution in [1.29, 1.82) is 0 Å². The Morgan fingerprint density at radius 2 is 1.02 bits per heavy atom. The van der Waals surface area contributed by atoms with E-state index in [1.54, 1.807) is 23.5 Å². The zero-order chi connectivity index (χ0) is 37.8. The molecule has 0 fully saturated rings. The highest BCUT2D eigenvalue weighted by Crippen LogP contribution is 2.40. The van der Waals surface area contributed by atoms with E-state index in [1.807, 2.05) is 42.5 Å². The second-order valence-electron chi connectivity index (χ2n) is 14.7. The van der Waals surface area contributed by atoms with Gasteiger partial charge in [-0.15, -0.1) is 11.3 Å². The first-order chi connectivity index (χ1) is 27.1. The standard InChI is InChI=1S/C48H53N3O3S/c1-2-3-4-5-6-7-8-9-10-11-12-13-14-18-31-54-38-25-21-35(22-26-38)46-40-28-24-37(50-40)33-42-48(53)47(52)41(51-42)32-36-23-27-39(49-36)45(34-19-16-15-17-20-34)43-29-30-44(46)55-43/h15-17,19-30,32-33,51-53H,2-14,18,31H2,1H3. The van der Waals surface area contributed by atoms with E-state index >= 15 is 0 Å². The number of aromatic hydroxyl groups is 2. The summed E-state index contributed by atoms with van der Waals surface area (Å²) in [7, 11) is 0. The fourth-order valence-electron chi connectivity index (χ4n) is 7.47. The van der Waals surface area contributed by atoms with Crippen molar-refractivity contribution in [1.82, 2.24) is 15.0 Å². The van der Waals surface area contributed by atoms with Gasteiger partial charge < -0.3 is 19.9 Å². The molecule has 7 rings (SSSR count). The van der Waals surface area contributed by atoms with E-state index in [9.17, 15) is 10.2 Å². The van der Waals surface area contributed by atoms with E-state index in [-0.39, 0.29) is 11.5 Å². The van der Waals surface area contributed by atoms with Crippen molar-refractivity contribution in [2.75, 3.05) is 6.61 Å². The van der Waals surface area contributed by atoms with Crippen LogP contribution >= 0.6 is 11.3 Å². The summed E-state index contributed by atoms with van der Waals surface area (Å²) < 4.78 is 8.36. The summed E-state index contributed by atoms with van der Waals surface area (Å²) in [6, 6.07) is 26.5. The molecule has 2 aliphatic heterocycles. The molecule has 5 heterocycles.